The summed E-state index contributed by atoms with van der Waals surface area (Å²) in [6.07, 6.45) is 5.66. The van der Waals surface area contributed by atoms with E-state index in [0.717, 1.165) is 24.8 Å². The van der Waals surface area contributed by atoms with Crippen molar-refractivity contribution in [2.45, 2.75) is 52.0 Å². The molecule has 25 heavy (non-hydrogen) atoms. The van der Waals surface area contributed by atoms with Crippen LogP contribution in [0, 0.1) is 11.8 Å². The van der Waals surface area contributed by atoms with Crippen molar-refractivity contribution >= 4 is 11.9 Å². The van der Waals surface area contributed by atoms with Crippen LogP contribution in [0.4, 0.5) is 0 Å². The second kappa shape index (κ2) is 11.5. The molecule has 0 aliphatic rings. The maximum absolute atomic E-state index is 12.8. The summed E-state index contributed by atoms with van der Waals surface area (Å²) in [6, 6.07) is 9.38. The van der Waals surface area contributed by atoms with E-state index in [-0.39, 0.29) is 23.7 Å². The first-order valence-corrected chi connectivity index (χ1v) is 9.01. The zero-order valence-electron chi connectivity index (χ0n) is 15.7. The second-order valence-corrected chi connectivity index (χ2v) is 6.82. The van der Waals surface area contributed by atoms with Crippen molar-refractivity contribution in [1.29, 1.82) is 0 Å². The lowest BCUT2D eigenvalue weighted by Crippen LogP contribution is -2.45. The smallest absolute Gasteiger partial charge is 0.328 e. The number of hydrogen-bond donors (Lipinski definition) is 1. The van der Waals surface area contributed by atoms with Gasteiger partial charge in [0, 0.05) is 5.92 Å². The summed E-state index contributed by atoms with van der Waals surface area (Å²) >= 11 is 0. The Bertz CT molecular complexity index is 539. The Balaban J connectivity index is 2.81. The van der Waals surface area contributed by atoms with Gasteiger partial charge in [0.2, 0.25) is 5.91 Å². The Morgan fingerprint density at radius 1 is 1.24 bits per heavy atom. The average molecular weight is 345 g/mol. The molecule has 0 heterocycles. The number of amides is 1. The lowest BCUT2D eigenvalue weighted by atomic mass is 9.92. The third-order valence-corrected chi connectivity index (χ3v) is 4.17. The fourth-order valence-electron chi connectivity index (χ4n) is 2.85. The van der Waals surface area contributed by atoms with Crippen molar-refractivity contribution in [1.82, 2.24) is 5.32 Å². The summed E-state index contributed by atoms with van der Waals surface area (Å²) in [4.78, 5) is 24.8. The van der Waals surface area contributed by atoms with Crippen LogP contribution < -0.4 is 5.32 Å². The molecular formula is C21H31NO3. The number of benzene rings is 1. The second-order valence-electron chi connectivity index (χ2n) is 6.82. The first-order chi connectivity index (χ1) is 12.0. The Labute approximate surface area is 151 Å². The largest absolute Gasteiger partial charge is 0.467 e. The molecule has 0 bridgehead atoms. The Morgan fingerprint density at radius 3 is 2.48 bits per heavy atom. The van der Waals surface area contributed by atoms with Gasteiger partial charge in [-0.15, -0.1) is 6.58 Å². The van der Waals surface area contributed by atoms with E-state index in [9.17, 15) is 9.59 Å². The van der Waals surface area contributed by atoms with Crippen molar-refractivity contribution in [3.63, 3.8) is 0 Å². The average Bonchev–Trinajstić information content (AvgIpc) is 2.60. The summed E-state index contributed by atoms with van der Waals surface area (Å²) < 4.78 is 4.84. The Kier molecular flexibility index (Phi) is 9.60. The van der Waals surface area contributed by atoms with Gasteiger partial charge in [-0.2, -0.15) is 0 Å². The molecule has 0 saturated carbocycles. The number of carbonyl (C=O) groups is 2. The van der Waals surface area contributed by atoms with Crippen molar-refractivity contribution < 1.29 is 14.3 Å². The molecule has 2 atom stereocenters. The van der Waals surface area contributed by atoms with Gasteiger partial charge in [-0.3, -0.25) is 4.79 Å². The van der Waals surface area contributed by atoms with Crippen LogP contribution in [-0.4, -0.2) is 25.0 Å². The summed E-state index contributed by atoms with van der Waals surface area (Å²) in [5, 5.41) is 2.91. The lowest BCUT2D eigenvalue weighted by molar-refractivity contribution is -0.146. The van der Waals surface area contributed by atoms with E-state index in [2.05, 4.69) is 11.9 Å². The zero-order valence-corrected chi connectivity index (χ0v) is 15.7. The van der Waals surface area contributed by atoms with Gasteiger partial charge in [-0.25, -0.2) is 4.79 Å². The van der Waals surface area contributed by atoms with E-state index in [1.165, 1.54) is 7.11 Å². The molecule has 0 spiro atoms. The maximum atomic E-state index is 12.8. The van der Waals surface area contributed by atoms with Crippen molar-refractivity contribution in [3.05, 3.63) is 48.6 Å². The van der Waals surface area contributed by atoms with Crippen molar-refractivity contribution in [3.8, 4) is 0 Å². The lowest BCUT2D eigenvalue weighted by Gasteiger charge is -2.22. The van der Waals surface area contributed by atoms with E-state index in [0.29, 0.717) is 12.8 Å². The molecule has 0 aliphatic heterocycles. The van der Waals surface area contributed by atoms with Gasteiger partial charge in [0.25, 0.3) is 0 Å². The minimum absolute atomic E-state index is 0.0797. The van der Waals surface area contributed by atoms with Gasteiger partial charge in [0.05, 0.1) is 7.11 Å². The van der Waals surface area contributed by atoms with E-state index in [1.807, 2.05) is 50.3 Å². The third-order valence-electron chi connectivity index (χ3n) is 4.17. The molecule has 0 aliphatic carbocycles. The SMILES string of the molecule is C=CCCCC(Cc1ccccc1)C(=O)N[C@@H](CC(C)C)C(=O)OC. The van der Waals surface area contributed by atoms with Crippen LogP contribution in [0.25, 0.3) is 0 Å². The van der Waals surface area contributed by atoms with Gasteiger partial charge in [-0.05, 0) is 43.6 Å². The van der Waals surface area contributed by atoms with Crippen LogP contribution in [-0.2, 0) is 20.7 Å². The first kappa shape index (κ1) is 20.9. The molecule has 0 radical (unpaired) electrons. The van der Waals surface area contributed by atoms with Gasteiger partial charge in [0.15, 0.2) is 0 Å². The third kappa shape index (κ3) is 8.01. The molecule has 1 rings (SSSR count). The van der Waals surface area contributed by atoms with E-state index >= 15 is 0 Å². The monoisotopic (exact) mass is 345 g/mol. The van der Waals surface area contributed by atoms with Crippen LogP contribution in [0.15, 0.2) is 43.0 Å². The molecule has 0 fully saturated rings. The molecule has 1 aromatic carbocycles. The van der Waals surface area contributed by atoms with Gasteiger partial charge in [0.1, 0.15) is 6.04 Å². The van der Waals surface area contributed by atoms with Gasteiger partial charge in [-0.1, -0.05) is 50.3 Å². The summed E-state index contributed by atoms with van der Waals surface area (Å²) in [5.74, 6) is -0.338. The number of hydrogen-bond acceptors (Lipinski definition) is 3. The molecule has 138 valence electrons. The molecule has 1 aromatic rings. The Hall–Kier alpha value is -2.10. The summed E-state index contributed by atoms with van der Waals surface area (Å²) in [6.45, 7) is 7.78. The highest BCUT2D eigenvalue weighted by atomic mass is 16.5. The minimum Gasteiger partial charge on any atom is -0.467 e. The van der Waals surface area contributed by atoms with E-state index in [1.54, 1.807) is 0 Å². The van der Waals surface area contributed by atoms with E-state index in [4.69, 9.17) is 4.74 Å². The van der Waals surface area contributed by atoms with Gasteiger partial charge < -0.3 is 10.1 Å². The molecule has 4 nitrogen and oxygen atoms in total. The van der Waals surface area contributed by atoms with Crippen LogP contribution in [0.5, 0.6) is 0 Å². The highest BCUT2D eigenvalue weighted by molar-refractivity contribution is 5.85. The number of esters is 1. The highest BCUT2D eigenvalue weighted by Crippen LogP contribution is 2.17. The Morgan fingerprint density at radius 2 is 1.92 bits per heavy atom. The number of rotatable bonds is 11. The molecular weight excluding hydrogens is 314 g/mol. The fourth-order valence-corrected chi connectivity index (χ4v) is 2.85. The maximum Gasteiger partial charge on any atom is 0.328 e. The molecule has 4 heteroatoms. The van der Waals surface area contributed by atoms with Crippen LogP contribution >= 0.6 is 0 Å². The predicted octanol–water partition coefficient (Wildman–Crippen LogP) is 3.91. The predicted molar refractivity (Wildman–Crippen MR) is 101 cm³/mol. The number of allylic oxidation sites excluding steroid dienone is 1. The molecule has 0 saturated heterocycles. The van der Waals surface area contributed by atoms with Crippen LogP contribution in [0.2, 0.25) is 0 Å². The number of methoxy groups -OCH3 is 1. The normalized spacial score (nSPS) is 13.1. The molecule has 1 amide bonds. The number of carbonyl (C=O) groups excluding carboxylic acids is 2. The van der Waals surface area contributed by atoms with E-state index < -0.39 is 6.04 Å². The topological polar surface area (TPSA) is 55.4 Å². The first-order valence-electron chi connectivity index (χ1n) is 9.01. The van der Waals surface area contributed by atoms with Crippen molar-refractivity contribution in [2.24, 2.45) is 11.8 Å². The van der Waals surface area contributed by atoms with Crippen molar-refractivity contribution in [2.75, 3.05) is 7.11 Å². The van der Waals surface area contributed by atoms with Gasteiger partial charge >= 0.3 is 5.97 Å². The summed E-state index contributed by atoms with van der Waals surface area (Å²) in [5.41, 5.74) is 1.12. The fraction of sp³-hybridized carbons (Fsp3) is 0.524. The summed E-state index contributed by atoms with van der Waals surface area (Å²) in [7, 11) is 1.35. The zero-order chi connectivity index (χ0) is 18.7. The quantitative estimate of drug-likeness (QED) is 0.376. The number of unbranched alkanes of at least 4 members (excludes halogenated alkanes) is 1. The molecule has 0 aromatic heterocycles. The van der Waals surface area contributed by atoms with Crippen LogP contribution in [0.3, 0.4) is 0 Å². The van der Waals surface area contributed by atoms with Crippen LogP contribution in [0.1, 0.15) is 45.1 Å². The number of ether oxygens (including phenoxy) is 1. The highest BCUT2D eigenvalue weighted by Gasteiger charge is 2.26. The minimum atomic E-state index is -0.588. The molecule has 1 unspecified atom stereocenters. The standard InChI is InChI=1S/C21H31NO3/c1-5-6-8-13-18(15-17-11-9-7-10-12-17)20(23)22-19(14-16(2)3)21(24)25-4/h5,7,9-12,16,18-19H,1,6,8,13-15H2,2-4H3,(H,22,23)/t18?,19-/m0/s1. The molecule has 1 N–H and O–H groups in total. The number of nitrogens with one attached hydrogen (secondary N) is 1.